The quantitative estimate of drug-likeness (QED) is 0.507. The highest BCUT2D eigenvalue weighted by molar-refractivity contribution is 7.96. The number of nitrogen functional groups attached to an aromatic ring is 1. The molecule has 0 unspecified atom stereocenters. The number of nitrogens with one attached hydrogen (secondary N) is 1. The smallest absolute Gasteiger partial charge is 0.335 e. The molecule has 1 aromatic heterocycles. The van der Waals surface area contributed by atoms with Gasteiger partial charge in [-0.1, -0.05) is 18.7 Å². The fourth-order valence-electron chi connectivity index (χ4n) is 1.59. The summed E-state index contributed by atoms with van der Waals surface area (Å²) in [4.78, 5) is 14.6. The number of rotatable bonds is 7. The van der Waals surface area contributed by atoms with Crippen LogP contribution < -0.4 is 15.2 Å². The van der Waals surface area contributed by atoms with Gasteiger partial charge >= 0.3 is 5.97 Å². The van der Waals surface area contributed by atoms with Crippen LogP contribution in [-0.2, 0) is 14.8 Å². The summed E-state index contributed by atoms with van der Waals surface area (Å²) >= 11 is 0. The second-order valence-electron chi connectivity index (χ2n) is 4.23. The Balaban J connectivity index is 3.28. The number of methoxy groups -OCH3 is 1. The number of pyridine rings is 1. The van der Waals surface area contributed by atoms with E-state index in [4.69, 9.17) is 15.6 Å². The minimum absolute atomic E-state index is 0.0318. The SMILES string of the molecule is C=C/C(=C\C(=C/C)S(=O)(=O)Nc1cc(N)cnc1OC)C(=O)O. The molecule has 1 rings (SSSR count). The number of nitrogens with zero attached hydrogens (tertiary/aromatic N) is 1. The predicted octanol–water partition coefficient (Wildman–Crippen LogP) is 1.51. The van der Waals surface area contributed by atoms with Crippen LogP contribution in [0.3, 0.4) is 0 Å². The minimum atomic E-state index is -4.07. The lowest BCUT2D eigenvalue weighted by molar-refractivity contribution is -0.132. The number of anilines is 2. The molecule has 1 aromatic rings. The Morgan fingerprint density at radius 2 is 2.17 bits per heavy atom. The van der Waals surface area contributed by atoms with Crippen molar-refractivity contribution < 1.29 is 23.1 Å². The van der Waals surface area contributed by atoms with Crippen molar-refractivity contribution in [1.29, 1.82) is 0 Å². The van der Waals surface area contributed by atoms with Crippen molar-refractivity contribution in [2.75, 3.05) is 17.6 Å². The summed E-state index contributed by atoms with van der Waals surface area (Å²) < 4.78 is 32.0. The van der Waals surface area contributed by atoms with Gasteiger partial charge in [0.25, 0.3) is 10.0 Å². The largest absolute Gasteiger partial charge is 0.479 e. The molecule has 0 atom stereocenters. The van der Waals surface area contributed by atoms with E-state index in [-0.39, 0.29) is 27.7 Å². The molecule has 0 spiro atoms. The number of sulfonamides is 1. The van der Waals surface area contributed by atoms with E-state index in [0.717, 1.165) is 12.2 Å². The first-order chi connectivity index (χ1) is 10.7. The average Bonchev–Trinajstić information content (AvgIpc) is 2.47. The second-order valence-corrected chi connectivity index (χ2v) is 5.91. The Morgan fingerprint density at radius 1 is 1.52 bits per heavy atom. The first kappa shape index (κ1) is 18.2. The fraction of sp³-hybridized carbons (Fsp3) is 0.143. The van der Waals surface area contributed by atoms with Crippen LogP contribution in [0.1, 0.15) is 6.92 Å². The van der Waals surface area contributed by atoms with Gasteiger partial charge in [-0.2, -0.15) is 0 Å². The molecule has 0 fully saturated rings. The summed E-state index contributed by atoms with van der Waals surface area (Å²) in [6.45, 7) is 4.80. The van der Waals surface area contributed by atoms with Crippen molar-refractivity contribution in [3.05, 3.63) is 47.5 Å². The first-order valence-electron chi connectivity index (χ1n) is 6.31. The maximum atomic E-state index is 12.4. The molecule has 9 heteroatoms. The number of hydrogen-bond donors (Lipinski definition) is 3. The van der Waals surface area contributed by atoms with Crippen LogP contribution in [0.15, 0.2) is 47.5 Å². The highest BCUT2D eigenvalue weighted by atomic mass is 32.2. The molecule has 0 aliphatic heterocycles. The van der Waals surface area contributed by atoms with Gasteiger partial charge in [-0.25, -0.2) is 18.2 Å². The van der Waals surface area contributed by atoms with Crippen LogP contribution in [0.4, 0.5) is 11.4 Å². The standard InChI is InChI=1S/C14H17N3O5S/c1-4-9(14(18)19)6-11(5-2)23(20,21)17-12-7-10(15)8-16-13(12)22-3/h4-8,17H,1,15H2,2-3H3,(H,18,19)/b9-6+,11-5+. The average molecular weight is 339 g/mol. The zero-order valence-corrected chi connectivity index (χ0v) is 13.4. The number of carboxylic acids is 1. The number of nitrogens with two attached hydrogens (primary N) is 1. The van der Waals surface area contributed by atoms with Crippen LogP contribution in [0, 0.1) is 0 Å². The van der Waals surface area contributed by atoms with Gasteiger partial charge in [-0.3, -0.25) is 4.72 Å². The Hall–Kier alpha value is -2.81. The van der Waals surface area contributed by atoms with Crippen molar-refractivity contribution >= 4 is 27.4 Å². The van der Waals surface area contributed by atoms with E-state index in [0.29, 0.717) is 0 Å². The molecular formula is C14H17N3O5S. The molecule has 1 heterocycles. The lowest BCUT2D eigenvalue weighted by atomic mass is 10.2. The molecule has 4 N–H and O–H groups in total. The Labute approximate surface area is 134 Å². The lowest BCUT2D eigenvalue weighted by Crippen LogP contribution is -2.16. The van der Waals surface area contributed by atoms with E-state index >= 15 is 0 Å². The zero-order valence-electron chi connectivity index (χ0n) is 12.6. The van der Waals surface area contributed by atoms with E-state index in [2.05, 4.69) is 16.3 Å². The molecule has 0 saturated carbocycles. The van der Waals surface area contributed by atoms with Gasteiger partial charge in [0, 0.05) is 0 Å². The van der Waals surface area contributed by atoms with Gasteiger partial charge in [0.15, 0.2) is 0 Å². The Morgan fingerprint density at radius 3 is 2.65 bits per heavy atom. The topological polar surface area (TPSA) is 132 Å². The number of aromatic nitrogens is 1. The van der Waals surface area contributed by atoms with Crippen molar-refractivity contribution in [3.8, 4) is 5.88 Å². The molecular weight excluding hydrogens is 322 g/mol. The van der Waals surface area contributed by atoms with Crippen LogP contribution in [0.25, 0.3) is 0 Å². The maximum Gasteiger partial charge on any atom is 0.335 e. The summed E-state index contributed by atoms with van der Waals surface area (Å²) in [5.74, 6) is -1.26. The molecule has 0 aliphatic rings. The number of ether oxygens (including phenoxy) is 1. The van der Waals surface area contributed by atoms with Gasteiger partial charge in [-0.05, 0) is 19.1 Å². The Kier molecular flexibility index (Phi) is 5.91. The molecule has 8 nitrogen and oxygen atoms in total. The lowest BCUT2D eigenvalue weighted by Gasteiger charge is -2.12. The monoisotopic (exact) mass is 339 g/mol. The highest BCUT2D eigenvalue weighted by Crippen LogP contribution is 2.26. The van der Waals surface area contributed by atoms with Gasteiger partial charge in [0.05, 0.1) is 29.5 Å². The molecule has 0 aromatic carbocycles. The van der Waals surface area contributed by atoms with Crippen LogP contribution in [-0.4, -0.2) is 31.6 Å². The summed E-state index contributed by atoms with van der Waals surface area (Å²) in [5.41, 5.74) is 5.59. The summed E-state index contributed by atoms with van der Waals surface area (Å²) in [5, 5.41) is 8.96. The highest BCUT2D eigenvalue weighted by Gasteiger charge is 2.19. The van der Waals surface area contributed by atoms with E-state index in [9.17, 15) is 13.2 Å². The van der Waals surface area contributed by atoms with Crippen LogP contribution >= 0.6 is 0 Å². The maximum absolute atomic E-state index is 12.4. The van der Waals surface area contributed by atoms with E-state index in [1.807, 2.05) is 0 Å². The second kappa shape index (κ2) is 7.45. The van der Waals surface area contributed by atoms with Gasteiger partial charge in [0.1, 0.15) is 5.69 Å². The van der Waals surface area contributed by atoms with Crippen molar-refractivity contribution in [1.82, 2.24) is 4.98 Å². The predicted molar refractivity (Wildman–Crippen MR) is 87.4 cm³/mol. The van der Waals surface area contributed by atoms with Gasteiger partial charge < -0.3 is 15.6 Å². The summed E-state index contributed by atoms with van der Waals surface area (Å²) in [6.07, 6.45) is 4.60. The van der Waals surface area contributed by atoms with Crippen molar-refractivity contribution in [2.45, 2.75) is 6.92 Å². The zero-order chi connectivity index (χ0) is 17.6. The number of allylic oxidation sites excluding steroid dienone is 2. The van der Waals surface area contributed by atoms with E-state index < -0.39 is 16.0 Å². The van der Waals surface area contributed by atoms with Crippen LogP contribution in [0.5, 0.6) is 5.88 Å². The summed E-state index contributed by atoms with van der Waals surface area (Å²) in [7, 11) is -2.74. The molecule has 124 valence electrons. The molecule has 0 amide bonds. The Bertz CT molecular complexity index is 782. The normalized spacial score (nSPS) is 12.6. The van der Waals surface area contributed by atoms with E-state index in [1.165, 1.54) is 32.4 Å². The number of aliphatic carboxylic acids is 1. The third-order valence-corrected chi connectivity index (χ3v) is 4.13. The van der Waals surface area contributed by atoms with E-state index in [1.54, 1.807) is 0 Å². The molecule has 0 aliphatic carbocycles. The molecule has 0 bridgehead atoms. The molecule has 0 radical (unpaired) electrons. The summed E-state index contributed by atoms with van der Waals surface area (Å²) in [6, 6.07) is 1.34. The molecule has 23 heavy (non-hydrogen) atoms. The van der Waals surface area contributed by atoms with Gasteiger partial charge in [0.2, 0.25) is 5.88 Å². The molecule has 0 saturated heterocycles. The third-order valence-electron chi connectivity index (χ3n) is 2.67. The van der Waals surface area contributed by atoms with Crippen molar-refractivity contribution in [2.24, 2.45) is 0 Å². The third kappa shape index (κ3) is 4.58. The number of carboxylic acid groups (broad SMARTS) is 1. The first-order valence-corrected chi connectivity index (χ1v) is 7.79. The fourth-order valence-corrected chi connectivity index (χ4v) is 2.73. The van der Waals surface area contributed by atoms with Crippen molar-refractivity contribution in [3.63, 3.8) is 0 Å². The van der Waals surface area contributed by atoms with Gasteiger partial charge in [-0.15, -0.1) is 0 Å². The minimum Gasteiger partial charge on any atom is -0.479 e. The van der Waals surface area contributed by atoms with Crippen LogP contribution in [0.2, 0.25) is 0 Å². The number of carbonyl (C=O) groups is 1. The number of hydrogen-bond acceptors (Lipinski definition) is 6.